The molecule has 1 aliphatic carbocycles. The fourth-order valence-corrected chi connectivity index (χ4v) is 4.27. The van der Waals surface area contributed by atoms with E-state index in [1.807, 2.05) is 18.2 Å². The molecule has 2 aromatic rings. The predicted octanol–water partition coefficient (Wildman–Crippen LogP) is 5.73. The lowest BCUT2D eigenvalue weighted by Gasteiger charge is -2.42. The molecular weight excluding hydrogens is 347 g/mol. The summed E-state index contributed by atoms with van der Waals surface area (Å²) in [6.07, 6.45) is 6.23. The monoisotopic (exact) mass is 378 g/mol. The molecule has 2 aromatic carbocycles. The maximum absolute atomic E-state index is 13.4. The zero-order valence-electron chi connectivity index (χ0n) is 17.1. The molecule has 0 radical (unpaired) electrons. The molecule has 28 heavy (non-hydrogen) atoms. The lowest BCUT2D eigenvalue weighted by molar-refractivity contribution is 0.172. The Hall–Kier alpha value is -2.18. The van der Waals surface area contributed by atoms with Gasteiger partial charge in [-0.1, -0.05) is 48.9 Å². The summed E-state index contributed by atoms with van der Waals surface area (Å²) in [5.74, 6) is 0.156. The minimum Gasteiger partial charge on any atom is -0.303 e. The Balaban J connectivity index is 1.64. The van der Waals surface area contributed by atoms with E-state index < -0.39 is 5.41 Å². The molecular formula is C25H31FN2. The molecule has 3 heteroatoms. The molecule has 2 nitrogen and oxygen atoms in total. The van der Waals surface area contributed by atoms with E-state index in [1.54, 1.807) is 0 Å². The molecule has 0 amide bonds. The number of hydrogen-bond acceptors (Lipinski definition) is 2. The van der Waals surface area contributed by atoms with Gasteiger partial charge in [0, 0.05) is 12.6 Å². The van der Waals surface area contributed by atoms with E-state index in [1.165, 1.54) is 24.1 Å². The number of nitrogens with zero attached hydrogens (tertiary/aromatic N) is 2. The van der Waals surface area contributed by atoms with Gasteiger partial charge in [-0.25, -0.2) is 4.39 Å². The normalized spacial score (nSPS) is 17.5. The third kappa shape index (κ3) is 4.62. The number of likely N-dealkylation sites (N-methyl/N-ethyl adjacent to an activating group) is 1. The Kier molecular flexibility index (Phi) is 6.86. The average Bonchev–Trinajstić information content (AvgIpc) is 2.69. The number of halogens is 1. The summed E-state index contributed by atoms with van der Waals surface area (Å²) in [5, 5.41) is 10.2. The average molecular weight is 379 g/mol. The van der Waals surface area contributed by atoms with E-state index in [9.17, 15) is 9.65 Å². The van der Waals surface area contributed by atoms with Crippen LogP contribution in [0.3, 0.4) is 0 Å². The van der Waals surface area contributed by atoms with Crippen molar-refractivity contribution < 1.29 is 4.39 Å². The SMILES string of the molecule is CC(CCC(C#N)(c1ccc(F)cc1)C1CCC1)N(C)CCc1ccccc1. The number of rotatable bonds is 9. The van der Waals surface area contributed by atoms with Crippen molar-refractivity contribution >= 4 is 0 Å². The summed E-state index contributed by atoms with van der Waals surface area (Å²) in [6, 6.07) is 20.3. The first-order chi connectivity index (χ1) is 13.5. The Labute approximate surface area is 169 Å². The summed E-state index contributed by atoms with van der Waals surface area (Å²) >= 11 is 0. The molecule has 2 unspecified atom stereocenters. The van der Waals surface area contributed by atoms with Crippen molar-refractivity contribution in [2.75, 3.05) is 13.6 Å². The van der Waals surface area contributed by atoms with Gasteiger partial charge in [0.2, 0.25) is 0 Å². The Morgan fingerprint density at radius 3 is 2.39 bits per heavy atom. The van der Waals surface area contributed by atoms with Crippen LogP contribution in [0, 0.1) is 23.1 Å². The van der Waals surface area contributed by atoms with Crippen LogP contribution >= 0.6 is 0 Å². The van der Waals surface area contributed by atoms with Gasteiger partial charge in [0.1, 0.15) is 5.82 Å². The van der Waals surface area contributed by atoms with Crippen molar-refractivity contribution in [1.82, 2.24) is 4.90 Å². The lowest BCUT2D eigenvalue weighted by Crippen LogP contribution is -2.40. The standard InChI is InChI=1S/C25H31FN2/c1-20(28(2)18-16-21-7-4-3-5-8-21)15-17-25(19-27,22-9-6-10-22)23-11-13-24(26)14-12-23/h3-5,7-8,11-14,20,22H,6,9-10,15-18H2,1-2H3. The zero-order valence-corrected chi connectivity index (χ0v) is 17.1. The van der Waals surface area contributed by atoms with Crippen molar-refractivity contribution in [2.45, 2.75) is 56.9 Å². The summed E-state index contributed by atoms with van der Waals surface area (Å²) in [4.78, 5) is 2.39. The van der Waals surface area contributed by atoms with E-state index in [0.717, 1.165) is 44.2 Å². The smallest absolute Gasteiger partial charge is 0.123 e. The molecule has 0 heterocycles. The molecule has 0 saturated heterocycles. The van der Waals surface area contributed by atoms with Gasteiger partial charge < -0.3 is 4.90 Å². The van der Waals surface area contributed by atoms with Gasteiger partial charge in [-0.3, -0.25) is 0 Å². The van der Waals surface area contributed by atoms with Gasteiger partial charge in [0.25, 0.3) is 0 Å². The summed E-state index contributed by atoms with van der Waals surface area (Å²) in [6.45, 7) is 3.25. The topological polar surface area (TPSA) is 27.0 Å². The molecule has 1 fully saturated rings. The van der Waals surface area contributed by atoms with Gasteiger partial charge in [0.05, 0.1) is 11.5 Å². The van der Waals surface area contributed by atoms with Crippen LogP contribution in [0.25, 0.3) is 0 Å². The highest BCUT2D eigenvalue weighted by molar-refractivity contribution is 5.35. The molecule has 0 aliphatic heterocycles. The maximum atomic E-state index is 13.4. The van der Waals surface area contributed by atoms with Crippen LogP contribution in [0.4, 0.5) is 4.39 Å². The molecule has 1 saturated carbocycles. The van der Waals surface area contributed by atoms with Crippen LogP contribution < -0.4 is 0 Å². The molecule has 0 N–H and O–H groups in total. The first kappa shape index (κ1) is 20.6. The summed E-state index contributed by atoms with van der Waals surface area (Å²) in [7, 11) is 2.17. The predicted molar refractivity (Wildman–Crippen MR) is 113 cm³/mol. The zero-order chi connectivity index (χ0) is 20.0. The van der Waals surface area contributed by atoms with Gasteiger partial charge in [-0.15, -0.1) is 0 Å². The van der Waals surface area contributed by atoms with Crippen LogP contribution in [0.1, 0.15) is 50.2 Å². The van der Waals surface area contributed by atoms with Crippen LogP contribution in [-0.2, 0) is 11.8 Å². The second kappa shape index (κ2) is 9.34. The first-order valence-corrected chi connectivity index (χ1v) is 10.5. The largest absolute Gasteiger partial charge is 0.303 e. The molecule has 0 aromatic heterocycles. The molecule has 1 aliphatic rings. The van der Waals surface area contributed by atoms with Crippen molar-refractivity contribution in [2.24, 2.45) is 5.92 Å². The van der Waals surface area contributed by atoms with Gasteiger partial charge in [0.15, 0.2) is 0 Å². The third-order valence-electron chi connectivity index (χ3n) is 6.67. The highest BCUT2D eigenvalue weighted by Crippen LogP contribution is 2.47. The number of benzene rings is 2. The summed E-state index contributed by atoms with van der Waals surface area (Å²) in [5.41, 5.74) is 1.86. The van der Waals surface area contributed by atoms with E-state index in [-0.39, 0.29) is 5.82 Å². The Bertz CT molecular complexity index is 776. The molecule has 3 rings (SSSR count). The van der Waals surface area contributed by atoms with E-state index >= 15 is 0 Å². The number of nitriles is 1. The van der Waals surface area contributed by atoms with E-state index in [0.29, 0.717) is 12.0 Å². The minimum absolute atomic E-state index is 0.238. The molecule has 148 valence electrons. The van der Waals surface area contributed by atoms with Crippen LogP contribution in [0.15, 0.2) is 54.6 Å². The van der Waals surface area contributed by atoms with Gasteiger partial charge in [-0.2, -0.15) is 5.26 Å². The molecule has 0 bridgehead atoms. The van der Waals surface area contributed by atoms with Gasteiger partial charge in [-0.05, 0) is 75.3 Å². The Morgan fingerprint density at radius 2 is 1.82 bits per heavy atom. The maximum Gasteiger partial charge on any atom is 0.123 e. The van der Waals surface area contributed by atoms with E-state index in [4.69, 9.17) is 0 Å². The van der Waals surface area contributed by atoms with Gasteiger partial charge >= 0.3 is 0 Å². The van der Waals surface area contributed by atoms with Crippen molar-refractivity contribution in [3.05, 3.63) is 71.5 Å². The Morgan fingerprint density at radius 1 is 1.14 bits per heavy atom. The van der Waals surface area contributed by atoms with Crippen molar-refractivity contribution in [1.29, 1.82) is 5.26 Å². The fourth-order valence-electron chi connectivity index (χ4n) is 4.27. The first-order valence-electron chi connectivity index (χ1n) is 10.5. The lowest BCUT2D eigenvalue weighted by atomic mass is 9.60. The van der Waals surface area contributed by atoms with Crippen LogP contribution in [0.2, 0.25) is 0 Å². The second-order valence-corrected chi connectivity index (χ2v) is 8.32. The van der Waals surface area contributed by atoms with E-state index in [2.05, 4.69) is 49.2 Å². The second-order valence-electron chi connectivity index (χ2n) is 8.32. The molecule has 0 spiro atoms. The van der Waals surface area contributed by atoms with Crippen LogP contribution in [-0.4, -0.2) is 24.5 Å². The summed E-state index contributed by atoms with van der Waals surface area (Å²) < 4.78 is 13.4. The molecule has 2 atom stereocenters. The fraction of sp³-hybridized carbons (Fsp3) is 0.480. The third-order valence-corrected chi connectivity index (χ3v) is 6.67. The van der Waals surface area contributed by atoms with Crippen LogP contribution in [0.5, 0.6) is 0 Å². The number of hydrogen-bond donors (Lipinski definition) is 0. The van der Waals surface area contributed by atoms with Crippen molar-refractivity contribution in [3.63, 3.8) is 0 Å². The highest BCUT2D eigenvalue weighted by atomic mass is 19.1. The quantitative estimate of drug-likeness (QED) is 0.557. The highest BCUT2D eigenvalue weighted by Gasteiger charge is 2.43. The minimum atomic E-state index is -0.486. The van der Waals surface area contributed by atoms with Crippen molar-refractivity contribution in [3.8, 4) is 6.07 Å².